The van der Waals surface area contributed by atoms with Gasteiger partial charge in [-0.15, -0.1) is 0 Å². The first-order valence-electron chi connectivity index (χ1n) is 5.02. The molecular formula is C10H16BrN3O2S. The Morgan fingerprint density at radius 3 is 2.59 bits per heavy atom. The highest BCUT2D eigenvalue weighted by Gasteiger charge is 2.16. The molecule has 0 aliphatic carbocycles. The van der Waals surface area contributed by atoms with Crippen LogP contribution in [-0.2, 0) is 10.0 Å². The number of nitrogens with two attached hydrogens (primary N) is 1. The number of nitrogen functional groups attached to an aromatic ring is 1. The van der Waals surface area contributed by atoms with E-state index in [9.17, 15) is 8.42 Å². The van der Waals surface area contributed by atoms with Crippen molar-refractivity contribution in [2.24, 2.45) is 0 Å². The van der Waals surface area contributed by atoms with Gasteiger partial charge < -0.3 is 10.6 Å². The Bertz CT molecular complexity index is 488. The molecule has 0 radical (unpaired) electrons. The van der Waals surface area contributed by atoms with Gasteiger partial charge in [0.25, 0.3) is 0 Å². The van der Waals surface area contributed by atoms with Gasteiger partial charge in [-0.25, -0.2) is 13.1 Å². The van der Waals surface area contributed by atoms with Gasteiger partial charge in [-0.1, -0.05) is 15.9 Å². The molecule has 0 bridgehead atoms. The largest absolute Gasteiger partial charge is 0.398 e. The van der Waals surface area contributed by atoms with Gasteiger partial charge in [0.1, 0.15) is 4.90 Å². The first kappa shape index (κ1) is 14.4. The van der Waals surface area contributed by atoms with Crippen LogP contribution < -0.4 is 10.5 Å². The van der Waals surface area contributed by atoms with Gasteiger partial charge >= 0.3 is 0 Å². The Morgan fingerprint density at radius 2 is 2.06 bits per heavy atom. The van der Waals surface area contributed by atoms with E-state index in [0.717, 1.165) is 4.47 Å². The second-order valence-electron chi connectivity index (χ2n) is 3.88. The standard InChI is InChI=1S/C10H16BrN3O2S/c1-14(2)6-5-13-17(15,16)10-4-3-8(11)7-9(10)12/h3-4,7,13H,5-6,12H2,1-2H3. The van der Waals surface area contributed by atoms with Crippen LogP contribution in [0.15, 0.2) is 27.6 Å². The summed E-state index contributed by atoms with van der Waals surface area (Å²) < 4.78 is 27.1. The van der Waals surface area contributed by atoms with Gasteiger partial charge in [0, 0.05) is 17.6 Å². The molecule has 0 aromatic heterocycles. The number of rotatable bonds is 5. The van der Waals surface area contributed by atoms with E-state index in [1.807, 2.05) is 19.0 Å². The minimum atomic E-state index is -3.53. The number of likely N-dealkylation sites (N-methyl/N-ethyl adjacent to an activating group) is 1. The molecule has 0 aliphatic heterocycles. The smallest absolute Gasteiger partial charge is 0.242 e. The number of hydrogen-bond acceptors (Lipinski definition) is 4. The van der Waals surface area contributed by atoms with Crippen LogP contribution >= 0.6 is 15.9 Å². The van der Waals surface area contributed by atoms with Crippen LogP contribution in [0.5, 0.6) is 0 Å². The fourth-order valence-corrected chi connectivity index (χ4v) is 2.76. The van der Waals surface area contributed by atoms with Crippen LogP contribution in [0, 0.1) is 0 Å². The van der Waals surface area contributed by atoms with Crippen LogP contribution in [0.2, 0.25) is 0 Å². The van der Waals surface area contributed by atoms with Crippen LogP contribution in [0.1, 0.15) is 0 Å². The number of sulfonamides is 1. The van der Waals surface area contributed by atoms with Crippen molar-refractivity contribution in [3.05, 3.63) is 22.7 Å². The predicted octanol–water partition coefficient (Wildman–Crippen LogP) is 0.871. The van der Waals surface area contributed by atoms with E-state index in [1.54, 1.807) is 12.1 Å². The molecule has 0 saturated heterocycles. The molecule has 0 unspecified atom stereocenters. The topological polar surface area (TPSA) is 75.4 Å². The minimum Gasteiger partial charge on any atom is -0.398 e. The van der Waals surface area contributed by atoms with Crippen molar-refractivity contribution in [2.45, 2.75) is 4.90 Å². The molecule has 1 aromatic rings. The van der Waals surface area contributed by atoms with Gasteiger partial charge in [0.05, 0.1) is 5.69 Å². The second kappa shape index (κ2) is 5.81. The summed E-state index contributed by atoms with van der Waals surface area (Å²) in [5.41, 5.74) is 5.91. The van der Waals surface area contributed by atoms with Crippen molar-refractivity contribution in [1.29, 1.82) is 0 Å². The Hall–Kier alpha value is -0.630. The van der Waals surface area contributed by atoms with Crippen molar-refractivity contribution >= 4 is 31.6 Å². The quantitative estimate of drug-likeness (QED) is 0.789. The normalized spacial score (nSPS) is 12.0. The first-order chi connectivity index (χ1) is 7.83. The molecule has 5 nitrogen and oxygen atoms in total. The highest BCUT2D eigenvalue weighted by molar-refractivity contribution is 9.10. The molecule has 17 heavy (non-hydrogen) atoms. The fraction of sp³-hybridized carbons (Fsp3) is 0.400. The summed E-state index contributed by atoms with van der Waals surface area (Å²) in [7, 11) is 0.229. The van der Waals surface area contributed by atoms with Gasteiger partial charge in [0.2, 0.25) is 10.0 Å². The molecule has 1 aromatic carbocycles. The number of benzene rings is 1. The zero-order valence-corrected chi connectivity index (χ0v) is 12.2. The molecule has 0 atom stereocenters. The van der Waals surface area contributed by atoms with Gasteiger partial charge in [-0.3, -0.25) is 0 Å². The lowest BCUT2D eigenvalue weighted by atomic mass is 10.3. The van der Waals surface area contributed by atoms with Crippen molar-refractivity contribution in [2.75, 3.05) is 32.9 Å². The minimum absolute atomic E-state index is 0.111. The zero-order valence-electron chi connectivity index (χ0n) is 9.77. The summed E-state index contributed by atoms with van der Waals surface area (Å²) in [5.74, 6) is 0. The van der Waals surface area contributed by atoms with E-state index >= 15 is 0 Å². The number of anilines is 1. The molecule has 0 amide bonds. The summed E-state index contributed by atoms with van der Waals surface area (Å²) >= 11 is 3.23. The molecule has 0 saturated carbocycles. The maximum absolute atomic E-state index is 11.9. The van der Waals surface area contributed by atoms with E-state index in [0.29, 0.717) is 13.1 Å². The number of halogens is 1. The lowest BCUT2D eigenvalue weighted by Gasteiger charge is -2.12. The first-order valence-corrected chi connectivity index (χ1v) is 7.30. The average molecular weight is 322 g/mol. The summed E-state index contributed by atoms with van der Waals surface area (Å²) in [6.45, 7) is 0.987. The highest BCUT2D eigenvalue weighted by Crippen LogP contribution is 2.22. The van der Waals surface area contributed by atoms with Crippen LogP contribution in [0.25, 0.3) is 0 Å². The third kappa shape index (κ3) is 4.27. The fourth-order valence-electron chi connectivity index (χ4n) is 1.25. The third-order valence-electron chi connectivity index (χ3n) is 2.11. The number of hydrogen-bond donors (Lipinski definition) is 2. The summed E-state index contributed by atoms with van der Waals surface area (Å²) in [5, 5.41) is 0. The van der Waals surface area contributed by atoms with Crippen molar-refractivity contribution < 1.29 is 8.42 Å². The average Bonchev–Trinajstić information content (AvgIpc) is 2.15. The summed E-state index contributed by atoms with van der Waals surface area (Å²) in [6, 6.07) is 4.70. The Morgan fingerprint density at radius 1 is 1.41 bits per heavy atom. The maximum atomic E-state index is 11.9. The number of nitrogens with one attached hydrogen (secondary N) is 1. The van der Waals surface area contributed by atoms with Crippen LogP contribution in [-0.4, -0.2) is 40.5 Å². The van der Waals surface area contributed by atoms with Crippen molar-refractivity contribution in [3.8, 4) is 0 Å². The molecule has 0 aliphatic rings. The van der Waals surface area contributed by atoms with Gasteiger partial charge in [-0.2, -0.15) is 0 Å². The monoisotopic (exact) mass is 321 g/mol. The molecular weight excluding hydrogens is 306 g/mol. The lowest BCUT2D eigenvalue weighted by Crippen LogP contribution is -2.31. The zero-order chi connectivity index (χ0) is 13.1. The van der Waals surface area contributed by atoms with Crippen LogP contribution in [0.3, 0.4) is 0 Å². The molecule has 96 valence electrons. The van der Waals surface area contributed by atoms with E-state index in [-0.39, 0.29) is 10.6 Å². The molecule has 7 heteroatoms. The lowest BCUT2D eigenvalue weighted by molar-refractivity contribution is 0.412. The van der Waals surface area contributed by atoms with Crippen molar-refractivity contribution in [1.82, 2.24) is 9.62 Å². The molecule has 1 rings (SSSR count). The third-order valence-corrected chi connectivity index (χ3v) is 4.14. The SMILES string of the molecule is CN(C)CCNS(=O)(=O)c1ccc(Br)cc1N. The maximum Gasteiger partial charge on any atom is 0.242 e. The number of nitrogens with zero attached hydrogens (tertiary/aromatic N) is 1. The summed E-state index contributed by atoms with van der Waals surface area (Å²) in [4.78, 5) is 2.01. The molecule has 0 fully saturated rings. The van der Waals surface area contributed by atoms with Crippen molar-refractivity contribution in [3.63, 3.8) is 0 Å². The Balaban J connectivity index is 2.83. The Labute approximate surface area is 110 Å². The summed E-state index contributed by atoms with van der Waals surface area (Å²) in [6.07, 6.45) is 0. The molecule has 0 spiro atoms. The van der Waals surface area contributed by atoms with Crippen LogP contribution in [0.4, 0.5) is 5.69 Å². The van der Waals surface area contributed by atoms with E-state index in [4.69, 9.17) is 5.73 Å². The van der Waals surface area contributed by atoms with E-state index < -0.39 is 10.0 Å². The van der Waals surface area contributed by atoms with Gasteiger partial charge in [-0.05, 0) is 32.3 Å². The van der Waals surface area contributed by atoms with E-state index in [1.165, 1.54) is 6.07 Å². The van der Waals surface area contributed by atoms with E-state index in [2.05, 4.69) is 20.7 Å². The molecule has 3 N–H and O–H groups in total. The second-order valence-corrected chi connectivity index (χ2v) is 6.53. The Kier molecular flexibility index (Phi) is 4.93. The highest BCUT2D eigenvalue weighted by atomic mass is 79.9. The molecule has 0 heterocycles. The predicted molar refractivity (Wildman–Crippen MR) is 72.3 cm³/mol. The van der Waals surface area contributed by atoms with Gasteiger partial charge in [0.15, 0.2) is 0 Å².